The number of rotatable bonds is 6. The van der Waals surface area contributed by atoms with E-state index in [1.165, 1.54) is 6.08 Å². The summed E-state index contributed by atoms with van der Waals surface area (Å²) < 4.78 is 0. The van der Waals surface area contributed by atoms with E-state index in [9.17, 15) is 9.59 Å². The minimum absolute atomic E-state index is 0.189. The number of anilines is 1. The summed E-state index contributed by atoms with van der Waals surface area (Å²) in [6, 6.07) is 10.7. The van der Waals surface area contributed by atoms with Gasteiger partial charge in [0.2, 0.25) is 5.91 Å². The van der Waals surface area contributed by atoms with Crippen molar-refractivity contribution in [2.45, 2.75) is 13.3 Å². The number of aromatic amines is 1. The van der Waals surface area contributed by atoms with Gasteiger partial charge in [0, 0.05) is 24.5 Å². The third-order valence-electron chi connectivity index (χ3n) is 3.00. The van der Waals surface area contributed by atoms with Crippen LogP contribution < -0.4 is 10.6 Å². The third kappa shape index (κ3) is 4.34. The second kappa shape index (κ2) is 7.83. The van der Waals surface area contributed by atoms with Crippen LogP contribution in [0.1, 0.15) is 29.4 Å². The fourth-order valence-electron chi connectivity index (χ4n) is 1.91. The Morgan fingerprint density at radius 2 is 2.00 bits per heavy atom. The fraction of sp³-hybridized carbons (Fsp3) is 0.176. The summed E-state index contributed by atoms with van der Waals surface area (Å²) in [7, 11) is 0. The first-order chi connectivity index (χ1) is 10.7. The zero-order chi connectivity index (χ0) is 15.8. The first-order valence-electron chi connectivity index (χ1n) is 7.20. The van der Waals surface area contributed by atoms with Crippen LogP contribution in [0.3, 0.4) is 0 Å². The molecule has 0 saturated carbocycles. The molecular weight excluding hydrogens is 278 g/mol. The molecule has 5 heteroatoms. The molecular formula is C17H19N3O2. The van der Waals surface area contributed by atoms with Gasteiger partial charge in [-0.05, 0) is 36.8 Å². The Labute approximate surface area is 129 Å². The molecule has 0 saturated heterocycles. The van der Waals surface area contributed by atoms with Gasteiger partial charge in [-0.1, -0.05) is 19.1 Å². The van der Waals surface area contributed by atoms with Crippen LogP contribution in [0.4, 0.5) is 5.69 Å². The molecule has 2 rings (SSSR count). The summed E-state index contributed by atoms with van der Waals surface area (Å²) in [6.45, 7) is 2.59. The maximum absolute atomic E-state index is 12.1. The van der Waals surface area contributed by atoms with E-state index in [4.69, 9.17) is 0 Å². The average molecular weight is 297 g/mol. The standard InChI is InChI=1S/C17H19N3O2/c1-2-11-19-17(22)14-7-3-4-8-15(14)20-16(21)10-9-13-6-5-12-18-13/h3-10,12,18H,2,11H2,1H3,(H,19,22)(H,20,21)/b10-9+. The highest BCUT2D eigenvalue weighted by atomic mass is 16.2. The van der Waals surface area contributed by atoms with Crippen LogP contribution in [-0.2, 0) is 4.79 Å². The predicted molar refractivity (Wildman–Crippen MR) is 87.5 cm³/mol. The highest BCUT2D eigenvalue weighted by Crippen LogP contribution is 2.15. The lowest BCUT2D eigenvalue weighted by Gasteiger charge is -2.09. The van der Waals surface area contributed by atoms with E-state index in [1.54, 1.807) is 36.5 Å². The van der Waals surface area contributed by atoms with Crippen molar-refractivity contribution in [3.63, 3.8) is 0 Å². The molecule has 0 fully saturated rings. The molecule has 0 unspecified atom stereocenters. The number of carbonyl (C=O) groups excluding carboxylic acids is 2. The van der Waals surface area contributed by atoms with E-state index in [2.05, 4.69) is 15.6 Å². The first kappa shape index (κ1) is 15.6. The zero-order valence-electron chi connectivity index (χ0n) is 12.4. The molecule has 3 N–H and O–H groups in total. The van der Waals surface area contributed by atoms with Crippen molar-refractivity contribution < 1.29 is 9.59 Å². The van der Waals surface area contributed by atoms with Crippen molar-refractivity contribution in [1.29, 1.82) is 0 Å². The molecule has 0 atom stereocenters. The number of para-hydroxylation sites is 1. The molecule has 5 nitrogen and oxygen atoms in total. The highest BCUT2D eigenvalue weighted by molar-refractivity contribution is 6.07. The molecule has 0 bridgehead atoms. The van der Waals surface area contributed by atoms with E-state index in [-0.39, 0.29) is 11.8 Å². The lowest BCUT2D eigenvalue weighted by atomic mass is 10.1. The SMILES string of the molecule is CCCNC(=O)c1ccccc1NC(=O)/C=C/c1ccc[nH]1. The van der Waals surface area contributed by atoms with Crippen LogP contribution in [0.2, 0.25) is 0 Å². The minimum atomic E-state index is -0.287. The molecule has 2 amide bonds. The van der Waals surface area contributed by atoms with Crippen molar-refractivity contribution in [3.05, 3.63) is 59.9 Å². The summed E-state index contributed by atoms with van der Waals surface area (Å²) >= 11 is 0. The third-order valence-corrected chi connectivity index (χ3v) is 3.00. The molecule has 0 aliphatic heterocycles. The number of amides is 2. The summed E-state index contributed by atoms with van der Waals surface area (Å²) in [5, 5.41) is 5.53. The summed E-state index contributed by atoms with van der Waals surface area (Å²) in [6.07, 6.45) is 5.74. The van der Waals surface area contributed by atoms with Crippen LogP contribution in [0.25, 0.3) is 6.08 Å². The number of nitrogens with one attached hydrogen (secondary N) is 3. The summed E-state index contributed by atoms with van der Waals surface area (Å²) in [5.74, 6) is -0.476. The van der Waals surface area contributed by atoms with Crippen LogP contribution in [-0.4, -0.2) is 23.3 Å². The number of aromatic nitrogens is 1. The Morgan fingerprint density at radius 1 is 1.18 bits per heavy atom. The molecule has 0 spiro atoms. The van der Waals surface area contributed by atoms with Gasteiger partial charge in [0.05, 0.1) is 11.3 Å². The number of carbonyl (C=O) groups is 2. The van der Waals surface area contributed by atoms with E-state index in [0.29, 0.717) is 17.8 Å². The second-order valence-electron chi connectivity index (χ2n) is 4.75. The van der Waals surface area contributed by atoms with Gasteiger partial charge in [0.25, 0.3) is 5.91 Å². The molecule has 0 radical (unpaired) electrons. The van der Waals surface area contributed by atoms with Gasteiger partial charge in [0.15, 0.2) is 0 Å². The molecule has 0 aliphatic rings. The maximum Gasteiger partial charge on any atom is 0.253 e. The number of hydrogen-bond acceptors (Lipinski definition) is 2. The quantitative estimate of drug-likeness (QED) is 0.717. The molecule has 1 aromatic carbocycles. The first-order valence-corrected chi connectivity index (χ1v) is 7.20. The largest absolute Gasteiger partial charge is 0.362 e. The maximum atomic E-state index is 12.1. The summed E-state index contributed by atoms with van der Waals surface area (Å²) in [4.78, 5) is 27.0. The topological polar surface area (TPSA) is 74.0 Å². The van der Waals surface area contributed by atoms with Gasteiger partial charge >= 0.3 is 0 Å². The van der Waals surface area contributed by atoms with E-state index in [0.717, 1.165) is 12.1 Å². The molecule has 114 valence electrons. The Morgan fingerprint density at radius 3 is 2.73 bits per heavy atom. The lowest BCUT2D eigenvalue weighted by molar-refractivity contribution is -0.111. The number of benzene rings is 1. The molecule has 1 heterocycles. The normalized spacial score (nSPS) is 10.6. The van der Waals surface area contributed by atoms with E-state index in [1.807, 2.05) is 19.1 Å². The van der Waals surface area contributed by atoms with E-state index >= 15 is 0 Å². The second-order valence-corrected chi connectivity index (χ2v) is 4.75. The van der Waals surface area contributed by atoms with Crippen LogP contribution in [0, 0.1) is 0 Å². The Bertz CT molecular complexity index is 660. The van der Waals surface area contributed by atoms with Crippen molar-refractivity contribution in [2.24, 2.45) is 0 Å². The van der Waals surface area contributed by atoms with Crippen LogP contribution in [0.5, 0.6) is 0 Å². The van der Waals surface area contributed by atoms with Gasteiger partial charge in [-0.3, -0.25) is 9.59 Å². The van der Waals surface area contributed by atoms with Crippen LogP contribution in [0.15, 0.2) is 48.7 Å². The van der Waals surface area contributed by atoms with Crippen molar-refractivity contribution in [1.82, 2.24) is 10.3 Å². The van der Waals surface area contributed by atoms with Crippen molar-refractivity contribution in [2.75, 3.05) is 11.9 Å². The Kier molecular flexibility index (Phi) is 5.54. The van der Waals surface area contributed by atoms with Crippen LogP contribution >= 0.6 is 0 Å². The van der Waals surface area contributed by atoms with Gasteiger partial charge in [-0.25, -0.2) is 0 Å². The Balaban J connectivity index is 2.06. The average Bonchev–Trinajstić information content (AvgIpc) is 3.04. The number of H-pyrrole nitrogens is 1. The Hall–Kier alpha value is -2.82. The van der Waals surface area contributed by atoms with Gasteiger partial charge in [-0.2, -0.15) is 0 Å². The highest BCUT2D eigenvalue weighted by Gasteiger charge is 2.11. The smallest absolute Gasteiger partial charge is 0.253 e. The van der Waals surface area contributed by atoms with Crippen molar-refractivity contribution in [3.8, 4) is 0 Å². The molecule has 1 aromatic heterocycles. The number of hydrogen-bond donors (Lipinski definition) is 3. The zero-order valence-corrected chi connectivity index (χ0v) is 12.4. The van der Waals surface area contributed by atoms with Gasteiger partial charge in [0.1, 0.15) is 0 Å². The molecule has 0 aliphatic carbocycles. The summed E-state index contributed by atoms with van der Waals surface area (Å²) in [5.41, 5.74) is 1.79. The minimum Gasteiger partial charge on any atom is -0.362 e. The predicted octanol–water partition coefficient (Wildman–Crippen LogP) is 2.81. The monoisotopic (exact) mass is 297 g/mol. The van der Waals surface area contributed by atoms with Gasteiger partial charge < -0.3 is 15.6 Å². The fourth-order valence-corrected chi connectivity index (χ4v) is 1.91. The van der Waals surface area contributed by atoms with E-state index < -0.39 is 0 Å². The lowest BCUT2D eigenvalue weighted by Crippen LogP contribution is -2.25. The molecule has 22 heavy (non-hydrogen) atoms. The van der Waals surface area contributed by atoms with Gasteiger partial charge in [-0.15, -0.1) is 0 Å². The molecule has 2 aromatic rings. The van der Waals surface area contributed by atoms with Crippen molar-refractivity contribution >= 4 is 23.6 Å².